The number of thiophene rings is 1. The number of benzene rings is 2. The van der Waals surface area contributed by atoms with Gasteiger partial charge in [-0.25, -0.2) is 0 Å². The van der Waals surface area contributed by atoms with Gasteiger partial charge in [0, 0.05) is 21.6 Å². The Morgan fingerprint density at radius 2 is 1.68 bits per heavy atom. The lowest BCUT2D eigenvalue weighted by atomic mass is 10.00. The van der Waals surface area contributed by atoms with Crippen molar-refractivity contribution in [1.29, 1.82) is 0 Å². The second kappa shape index (κ2) is 7.52. The number of ketones is 1. The van der Waals surface area contributed by atoms with Gasteiger partial charge < -0.3 is 0 Å². The molecule has 28 heavy (non-hydrogen) atoms. The number of aryl methyl sites for hydroxylation is 1. The average Bonchev–Trinajstić information content (AvgIpc) is 2.94. The summed E-state index contributed by atoms with van der Waals surface area (Å²) in [5.74, 6) is -0.232. The van der Waals surface area contributed by atoms with E-state index >= 15 is 0 Å². The highest BCUT2D eigenvalue weighted by molar-refractivity contribution is 7.17. The van der Waals surface area contributed by atoms with E-state index in [1.807, 2.05) is 55.5 Å². The molecule has 0 fully saturated rings. The summed E-state index contributed by atoms with van der Waals surface area (Å²) >= 11 is 1.55. The normalized spacial score (nSPS) is 13.7. The fraction of sp³-hybridized carbons (Fsp3) is 0.174. The Balaban J connectivity index is 1.78. The predicted octanol–water partition coefficient (Wildman–Crippen LogP) is 4.43. The Morgan fingerprint density at radius 3 is 2.36 bits per heavy atom. The number of anilines is 1. The minimum absolute atomic E-state index is 0.0207. The minimum atomic E-state index is -0.155. The maximum Gasteiger partial charge on any atom is 0.249 e. The third-order valence-corrected chi connectivity index (χ3v) is 6.20. The highest BCUT2D eigenvalue weighted by Gasteiger charge is 2.30. The standard InChI is InChI=1S/C23H20N2O2S/c1-15-16(2)28-23-21(15)22(18-11-7-4-8-12-18)24-13-20(27)25(23)14-19(26)17-9-5-3-6-10-17/h3-12H,13-14H2,1-2H3. The van der Waals surface area contributed by atoms with Crippen molar-refractivity contribution in [2.45, 2.75) is 13.8 Å². The van der Waals surface area contributed by atoms with Crippen LogP contribution < -0.4 is 4.90 Å². The highest BCUT2D eigenvalue weighted by atomic mass is 32.1. The number of nitrogens with zero attached hydrogens (tertiary/aromatic N) is 2. The van der Waals surface area contributed by atoms with Crippen LogP contribution in [0.4, 0.5) is 5.00 Å². The zero-order chi connectivity index (χ0) is 19.7. The maximum absolute atomic E-state index is 12.9. The number of aliphatic imine (C=N–C) groups is 1. The number of rotatable bonds is 4. The molecular formula is C23H20N2O2S. The molecule has 0 aliphatic carbocycles. The van der Waals surface area contributed by atoms with Crippen molar-refractivity contribution in [1.82, 2.24) is 0 Å². The quantitative estimate of drug-likeness (QED) is 0.621. The van der Waals surface area contributed by atoms with Crippen LogP contribution in [0, 0.1) is 13.8 Å². The van der Waals surface area contributed by atoms with E-state index in [-0.39, 0.29) is 24.8 Å². The number of hydrogen-bond acceptors (Lipinski definition) is 4. The first-order valence-corrected chi connectivity index (χ1v) is 9.96. The minimum Gasteiger partial charge on any atom is -0.294 e. The Labute approximate surface area is 168 Å². The Kier molecular flexibility index (Phi) is 4.92. The molecular weight excluding hydrogens is 368 g/mol. The van der Waals surface area contributed by atoms with E-state index in [9.17, 15) is 9.59 Å². The van der Waals surface area contributed by atoms with Gasteiger partial charge in [-0.2, -0.15) is 0 Å². The van der Waals surface area contributed by atoms with Gasteiger partial charge in [0.25, 0.3) is 0 Å². The van der Waals surface area contributed by atoms with Crippen LogP contribution in [0.5, 0.6) is 0 Å². The molecule has 140 valence electrons. The summed E-state index contributed by atoms with van der Waals surface area (Å²) in [6.07, 6.45) is 0. The second-order valence-electron chi connectivity index (χ2n) is 6.76. The van der Waals surface area contributed by atoms with Crippen LogP contribution in [-0.4, -0.2) is 30.5 Å². The molecule has 0 atom stereocenters. The fourth-order valence-corrected chi connectivity index (χ4v) is 4.53. The first-order chi connectivity index (χ1) is 13.6. The molecule has 1 aliphatic rings. The topological polar surface area (TPSA) is 49.7 Å². The molecule has 4 rings (SSSR count). The molecule has 5 heteroatoms. The van der Waals surface area contributed by atoms with Crippen LogP contribution in [0.25, 0.3) is 0 Å². The molecule has 1 aromatic heterocycles. The van der Waals surface area contributed by atoms with Crippen molar-refractivity contribution in [3.63, 3.8) is 0 Å². The van der Waals surface area contributed by atoms with Crippen molar-refractivity contribution in [2.75, 3.05) is 18.0 Å². The summed E-state index contributed by atoms with van der Waals surface area (Å²) in [5, 5.41) is 0.810. The van der Waals surface area contributed by atoms with Crippen molar-refractivity contribution >= 4 is 33.7 Å². The van der Waals surface area contributed by atoms with Gasteiger partial charge in [0.2, 0.25) is 5.91 Å². The van der Waals surface area contributed by atoms with Gasteiger partial charge in [-0.05, 0) is 19.4 Å². The summed E-state index contributed by atoms with van der Waals surface area (Å²) in [6, 6.07) is 19.0. The molecule has 2 heterocycles. The van der Waals surface area contributed by atoms with E-state index in [1.165, 1.54) is 0 Å². The van der Waals surface area contributed by atoms with Crippen molar-refractivity contribution < 1.29 is 9.59 Å². The van der Waals surface area contributed by atoms with E-state index in [0.717, 1.165) is 32.3 Å². The number of carbonyl (C=O) groups is 2. The molecule has 1 aliphatic heterocycles. The Bertz CT molecular complexity index is 1070. The van der Waals surface area contributed by atoms with E-state index < -0.39 is 0 Å². The molecule has 0 N–H and O–H groups in total. The average molecular weight is 388 g/mol. The number of amides is 1. The Hall–Kier alpha value is -3.05. The van der Waals surface area contributed by atoms with Gasteiger partial charge in [-0.3, -0.25) is 19.5 Å². The molecule has 2 aromatic carbocycles. The van der Waals surface area contributed by atoms with Crippen molar-refractivity contribution in [3.05, 3.63) is 87.8 Å². The zero-order valence-electron chi connectivity index (χ0n) is 15.8. The van der Waals surface area contributed by atoms with E-state index in [4.69, 9.17) is 0 Å². The second-order valence-corrected chi connectivity index (χ2v) is 7.97. The fourth-order valence-electron chi connectivity index (χ4n) is 3.35. The SMILES string of the molecule is Cc1sc2c(c1C)C(c1ccccc1)=NCC(=O)N2CC(=O)c1ccccc1. The summed E-state index contributed by atoms with van der Waals surface area (Å²) in [4.78, 5) is 33.1. The van der Waals surface area contributed by atoms with Gasteiger partial charge in [0.15, 0.2) is 5.78 Å². The van der Waals surface area contributed by atoms with Crippen molar-refractivity contribution in [2.24, 2.45) is 4.99 Å². The summed E-state index contributed by atoms with van der Waals surface area (Å²) in [6.45, 7) is 4.15. The molecule has 0 radical (unpaired) electrons. The van der Waals surface area contributed by atoms with Gasteiger partial charge in [0.05, 0.1) is 12.3 Å². The summed E-state index contributed by atoms with van der Waals surface area (Å²) in [5.41, 5.74) is 4.47. The number of hydrogen-bond donors (Lipinski definition) is 0. The van der Waals surface area contributed by atoms with E-state index in [1.54, 1.807) is 28.4 Å². The third kappa shape index (κ3) is 3.29. The number of carbonyl (C=O) groups excluding carboxylic acids is 2. The van der Waals surface area contributed by atoms with Crippen molar-refractivity contribution in [3.8, 4) is 0 Å². The monoisotopic (exact) mass is 388 g/mol. The maximum atomic E-state index is 12.9. The molecule has 0 spiro atoms. The van der Waals surface area contributed by atoms with Crippen LogP contribution in [0.15, 0.2) is 65.7 Å². The van der Waals surface area contributed by atoms with E-state index in [0.29, 0.717) is 5.56 Å². The lowest BCUT2D eigenvalue weighted by molar-refractivity contribution is -0.117. The smallest absolute Gasteiger partial charge is 0.249 e. The first-order valence-electron chi connectivity index (χ1n) is 9.15. The zero-order valence-corrected chi connectivity index (χ0v) is 16.6. The molecule has 1 amide bonds. The lowest BCUT2D eigenvalue weighted by Gasteiger charge is -2.20. The molecule has 3 aromatic rings. The van der Waals surface area contributed by atoms with E-state index in [2.05, 4.69) is 11.9 Å². The van der Waals surface area contributed by atoms with Gasteiger partial charge >= 0.3 is 0 Å². The Morgan fingerprint density at radius 1 is 1.04 bits per heavy atom. The van der Waals surface area contributed by atoms with Crippen LogP contribution in [0.2, 0.25) is 0 Å². The van der Waals surface area contributed by atoms with Crippen LogP contribution in [0.1, 0.15) is 31.9 Å². The molecule has 0 saturated heterocycles. The van der Waals surface area contributed by atoms with Gasteiger partial charge in [0.1, 0.15) is 11.5 Å². The molecule has 0 unspecified atom stereocenters. The summed E-state index contributed by atoms with van der Waals surface area (Å²) in [7, 11) is 0. The first kappa shape index (κ1) is 18.3. The van der Waals surface area contributed by atoms with Crippen LogP contribution in [-0.2, 0) is 4.79 Å². The largest absolute Gasteiger partial charge is 0.294 e. The summed E-state index contributed by atoms with van der Waals surface area (Å²) < 4.78 is 0. The molecule has 4 nitrogen and oxygen atoms in total. The lowest BCUT2D eigenvalue weighted by Crippen LogP contribution is -2.36. The van der Waals surface area contributed by atoms with Gasteiger partial charge in [-0.15, -0.1) is 11.3 Å². The molecule has 0 saturated carbocycles. The van der Waals surface area contributed by atoms with Gasteiger partial charge in [-0.1, -0.05) is 60.7 Å². The molecule has 0 bridgehead atoms. The number of Topliss-reactive ketones (excluding diaryl/α,β-unsaturated/α-hetero) is 1. The van der Waals surface area contributed by atoms with Crippen LogP contribution >= 0.6 is 11.3 Å². The highest BCUT2D eigenvalue weighted by Crippen LogP contribution is 2.38. The number of fused-ring (bicyclic) bond motifs is 1. The predicted molar refractivity (Wildman–Crippen MR) is 114 cm³/mol. The third-order valence-electron chi connectivity index (χ3n) is 4.97. The van der Waals surface area contributed by atoms with Crippen LogP contribution in [0.3, 0.4) is 0 Å².